The van der Waals surface area contributed by atoms with Gasteiger partial charge in [0.25, 0.3) is 0 Å². The Morgan fingerprint density at radius 3 is 2.88 bits per heavy atom. The molecule has 0 bridgehead atoms. The summed E-state index contributed by atoms with van der Waals surface area (Å²) in [7, 11) is 1.84. The van der Waals surface area contributed by atoms with Crippen molar-refractivity contribution < 1.29 is 4.74 Å². The molecule has 0 saturated carbocycles. The zero-order chi connectivity index (χ0) is 11.0. The van der Waals surface area contributed by atoms with Gasteiger partial charge >= 0.3 is 0 Å². The topological polar surface area (TPSA) is 24.5 Å². The fourth-order valence-electron chi connectivity index (χ4n) is 3.00. The van der Waals surface area contributed by atoms with Crippen LogP contribution in [-0.4, -0.2) is 38.9 Å². The molecule has 2 unspecified atom stereocenters. The maximum absolute atomic E-state index is 5.77. The summed E-state index contributed by atoms with van der Waals surface area (Å²) in [5, 5.41) is 3.44. The quantitative estimate of drug-likeness (QED) is 0.805. The van der Waals surface area contributed by atoms with Crippen molar-refractivity contribution >= 4 is 5.69 Å². The molecule has 0 spiro atoms. The average Bonchev–Trinajstić information content (AvgIpc) is 2.86. The van der Waals surface area contributed by atoms with Crippen LogP contribution in [0, 0.1) is 5.92 Å². The van der Waals surface area contributed by atoms with Crippen molar-refractivity contribution in [2.75, 3.05) is 38.2 Å². The predicted octanol–water partition coefficient (Wildman–Crippen LogP) is 1.11. The summed E-state index contributed by atoms with van der Waals surface area (Å²) in [5.74, 6) is 0.623. The number of methoxy groups -OCH3 is 1. The molecule has 1 N–H and O–H groups in total. The summed E-state index contributed by atoms with van der Waals surface area (Å²) in [6.07, 6.45) is 0. The molecule has 0 radical (unpaired) electrons. The summed E-state index contributed by atoms with van der Waals surface area (Å²) in [5.41, 5.74) is 1.35. The van der Waals surface area contributed by atoms with Crippen molar-refractivity contribution in [3.8, 4) is 0 Å². The zero-order valence-corrected chi connectivity index (χ0v) is 9.65. The van der Waals surface area contributed by atoms with Crippen LogP contribution in [0.2, 0.25) is 0 Å². The van der Waals surface area contributed by atoms with Crippen LogP contribution < -0.4 is 10.2 Å². The zero-order valence-electron chi connectivity index (χ0n) is 9.65. The molecular formula is C13H18N2O. The minimum absolute atomic E-state index is 0.0375. The molecule has 16 heavy (non-hydrogen) atoms. The highest BCUT2D eigenvalue weighted by Crippen LogP contribution is 2.36. The molecule has 2 heterocycles. The minimum atomic E-state index is 0.0375. The lowest BCUT2D eigenvalue weighted by atomic mass is 9.95. The predicted molar refractivity (Wildman–Crippen MR) is 64.8 cm³/mol. The Kier molecular flexibility index (Phi) is 2.37. The van der Waals surface area contributed by atoms with Gasteiger partial charge in [-0.25, -0.2) is 0 Å². The molecule has 3 rings (SSSR count). The number of para-hydroxylation sites is 1. The molecule has 2 fully saturated rings. The van der Waals surface area contributed by atoms with Crippen LogP contribution in [0.25, 0.3) is 0 Å². The second-order valence-corrected chi connectivity index (χ2v) is 4.81. The summed E-state index contributed by atoms with van der Waals surface area (Å²) < 4.78 is 5.77. The van der Waals surface area contributed by atoms with Gasteiger partial charge < -0.3 is 15.0 Å². The fraction of sp³-hybridized carbons (Fsp3) is 0.538. The molecule has 3 heteroatoms. The van der Waals surface area contributed by atoms with Crippen molar-refractivity contribution in [1.29, 1.82) is 0 Å². The van der Waals surface area contributed by atoms with E-state index in [0.29, 0.717) is 5.92 Å². The van der Waals surface area contributed by atoms with Crippen LogP contribution in [0.5, 0.6) is 0 Å². The van der Waals surface area contributed by atoms with E-state index in [1.807, 2.05) is 7.11 Å². The van der Waals surface area contributed by atoms with Gasteiger partial charge in [-0.15, -0.1) is 0 Å². The average molecular weight is 218 g/mol. The molecule has 86 valence electrons. The second-order valence-electron chi connectivity index (χ2n) is 4.81. The molecule has 2 aliphatic heterocycles. The first-order valence-electron chi connectivity index (χ1n) is 5.90. The smallest absolute Gasteiger partial charge is 0.103 e. The summed E-state index contributed by atoms with van der Waals surface area (Å²) >= 11 is 0. The fourth-order valence-corrected chi connectivity index (χ4v) is 3.00. The number of ether oxygens (including phenoxy) is 1. The second kappa shape index (κ2) is 3.75. The van der Waals surface area contributed by atoms with E-state index in [0.717, 1.165) is 26.2 Å². The van der Waals surface area contributed by atoms with E-state index < -0.39 is 0 Å². The van der Waals surface area contributed by atoms with Crippen molar-refractivity contribution in [1.82, 2.24) is 5.32 Å². The summed E-state index contributed by atoms with van der Waals surface area (Å²) in [6, 6.07) is 10.6. The van der Waals surface area contributed by atoms with E-state index >= 15 is 0 Å². The highest BCUT2D eigenvalue weighted by molar-refractivity contribution is 5.48. The molecule has 2 aliphatic rings. The number of nitrogens with one attached hydrogen (secondary N) is 1. The van der Waals surface area contributed by atoms with Gasteiger partial charge in [0.1, 0.15) is 5.60 Å². The van der Waals surface area contributed by atoms with Crippen LogP contribution in [0.1, 0.15) is 0 Å². The molecule has 1 aromatic rings. The molecule has 3 nitrogen and oxygen atoms in total. The van der Waals surface area contributed by atoms with E-state index in [1.54, 1.807) is 0 Å². The normalized spacial score (nSPS) is 33.1. The molecular weight excluding hydrogens is 200 g/mol. The van der Waals surface area contributed by atoms with Crippen LogP contribution in [-0.2, 0) is 4.74 Å². The third-order valence-electron chi connectivity index (χ3n) is 3.99. The summed E-state index contributed by atoms with van der Waals surface area (Å²) in [6.45, 7) is 4.17. The van der Waals surface area contributed by atoms with Crippen molar-refractivity contribution in [3.63, 3.8) is 0 Å². The lowest BCUT2D eigenvalue weighted by molar-refractivity contribution is 0.00153. The largest absolute Gasteiger partial charge is 0.375 e. The highest BCUT2D eigenvalue weighted by Gasteiger charge is 2.50. The van der Waals surface area contributed by atoms with Crippen molar-refractivity contribution in [3.05, 3.63) is 30.3 Å². The number of hydrogen-bond donors (Lipinski definition) is 1. The minimum Gasteiger partial charge on any atom is -0.375 e. The maximum atomic E-state index is 5.77. The number of hydrogen-bond acceptors (Lipinski definition) is 3. The number of rotatable bonds is 2. The van der Waals surface area contributed by atoms with Gasteiger partial charge in [0.2, 0.25) is 0 Å². The number of anilines is 1. The van der Waals surface area contributed by atoms with Crippen molar-refractivity contribution in [2.24, 2.45) is 5.92 Å². The van der Waals surface area contributed by atoms with Gasteiger partial charge in [0.15, 0.2) is 0 Å². The van der Waals surface area contributed by atoms with Gasteiger partial charge in [0, 0.05) is 44.9 Å². The van der Waals surface area contributed by atoms with Gasteiger partial charge in [-0.1, -0.05) is 18.2 Å². The lowest BCUT2D eigenvalue weighted by Gasteiger charge is -2.26. The molecule has 1 aromatic carbocycles. The molecule has 0 amide bonds. The summed E-state index contributed by atoms with van der Waals surface area (Å²) in [4.78, 5) is 2.44. The van der Waals surface area contributed by atoms with Gasteiger partial charge in [0.05, 0.1) is 0 Å². The van der Waals surface area contributed by atoms with Crippen LogP contribution >= 0.6 is 0 Å². The number of benzene rings is 1. The van der Waals surface area contributed by atoms with E-state index in [4.69, 9.17) is 4.74 Å². The highest BCUT2D eigenvalue weighted by atomic mass is 16.5. The van der Waals surface area contributed by atoms with E-state index in [2.05, 4.69) is 40.5 Å². The third-order valence-corrected chi connectivity index (χ3v) is 3.99. The number of fused-ring (bicyclic) bond motifs is 1. The maximum Gasteiger partial charge on any atom is 0.103 e. The Labute approximate surface area is 96.4 Å². The van der Waals surface area contributed by atoms with Crippen LogP contribution in [0.15, 0.2) is 30.3 Å². The van der Waals surface area contributed by atoms with Crippen LogP contribution in [0.3, 0.4) is 0 Å². The van der Waals surface area contributed by atoms with Crippen LogP contribution in [0.4, 0.5) is 5.69 Å². The van der Waals surface area contributed by atoms with Gasteiger partial charge in [-0.3, -0.25) is 0 Å². The molecule has 2 saturated heterocycles. The van der Waals surface area contributed by atoms with E-state index in [-0.39, 0.29) is 5.60 Å². The Morgan fingerprint density at radius 1 is 1.38 bits per heavy atom. The standard InChI is InChI=1S/C13H18N2O/c1-16-13-9-14-7-11(13)8-15(10-13)12-5-3-2-4-6-12/h2-6,11,14H,7-10H2,1H3. The SMILES string of the molecule is COC12CNCC1CN(c1ccccc1)C2. The third kappa shape index (κ3) is 1.43. The Morgan fingerprint density at radius 2 is 2.19 bits per heavy atom. The lowest BCUT2D eigenvalue weighted by Crippen LogP contribution is -2.41. The number of nitrogens with zero attached hydrogens (tertiary/aromatic N) is 1. The first-order chi connectivity index (χ1) is 7.84. The molecule has 0 aliphatic carbocycles. The van der Waals surface area contributed by atoms with E-state index in [1.165, 1.54) is 5.69 Å². The van der Waals surface area contributed by atoms with Gasteiger partial charge in [-0.2, -0.15) is 0 Å². The Bertz CT molecular complexity index is 367. The molecule has 2 atom stereocenters. The monoisotopic (exact) mass is 218 g/mol. The molecule has 0 aromatic heterocycles. The Hall–Kier alpha value is -1.06. The first kappa shape index (κ1) is 10.1. The van der Waals surface area contributed by atoms with Gasteiger partial charge in [-0.05, 0) is 12.1 Å². The van der Waals surface area contributed by atoms with E-state index in [9.17, 15) is 0 Å². The first-order valence-corrected chi connectivity index (χ1v) is 5.90. The Balaban J connectivity index is 1.83. The van der Waals surface area contributed by atoms with Crippen molar-refractivity contribution in [2.45, 2.75) is 5.60 Å².